The average Bonchev–Trinajstić information content (AvgIpc) is 2.58. The number of methoxy groups -OCH3 is 1. The van der Waals surface area contributed by atoms with Crippen molar-refractivity contribution in [3.63, 3.8) is 0 Å². The van der Waals surface area contributed by atoms with Crippen LogP contribution in [-0.4, -0.2) is 54.5 Å². The highest BCUT2D eigenvalue weighted by Crippen LogP contribution is 2.17. The van der Waals surface area contributed by atoms with Crippen molar-refractivity contribution in [2.75, 3.05) is 20.2 Å². The van der Waals surface area contributed by atoms with E-state index in [0.717, 1.165) is 11.1 Å². The third kappa shape index (κ3) is 4.82. The number of esters is 1. The number of amides is 2. The lowest BCUT2D eigenvalue weighted by molar-refractivity contribution is -0.149. The Morgan fingerprint density at radius 2 is 2.04 bits per heavy atom. The van der Waals surface area contributed by atoms with Gasteiger partial charge in [-0.25, -0.2) is 4.79 Å². The van der Waals surface area contributed by atoms with Crippen molar-refractivity contribution in [3.05, 3.63) is 35.4 Å². The molecule has 2 amide bonds. The Labute approximate surface area is 154 Å². The van der Waals surface area contributed by atoms with Crippen LogP contribution in [0.5, 0.6) is 0 Å². The Morgan fingerprint density at radius 3 is 2.69 bits per heavy atom. The van der Waals surface area contributed by atoms with Gasteiger partial charge in [0.15, 0.2) is 0 Å². The van der Waals surface area contributed by atoms with Crippen molar-refractivity contribution in [2.45, 2.75) is 45.3 Å². The molecule has 7 heteroatoms. The Hall–Kier alpha value is -2.41. The fourth-order valence-corrected chi connectivity index (χ4v) is 3.06. The molecule has 1 aromatic rings. The molecule has 0 aliphatic carbocycles. The third-order valence-electron chi connectivity index (χ3n) is 4.60. The lowest BCUT2D eigenvalue weighted by atomic mass is 10.0. The van der Waals surface area contributed by atoms with Gasteiger partial charge in [-0.3, -0.25) is 14.5 Å². The molecule has 0 spiro atoms. The van der Waals surface area contributed by atoms with Gasteiger partial charge < -0.3 is 15.4 Å². The van der Waals surface area contributed by atoms with Crippen molar-refractivity contribution < 1.29 is 19.1 Å². The molecular weight excluding hydrogens is 334 g/mol. The van der Waals surface area contributed by atoms with Crippen LogP contribution in [0, 0.1) is 6.92 Å². The van der Waals surface area contributed by atoms with E-state index < -0.39 is 17.6 Å². The first-order valence-corrected chi connectivity index (χ1v) is 8.70. The molecule has 142 valence electrons. The molecule has 1 aromatic carbocycles. The number of nitrogens with zero attached hydrogens (tertiary/aromatic N) is 1. The zero-order valence-electron chi connectivity index (χ0n) is 15.8. The fraction of sp³-hybridized carbons (Fsp3) is 0.526. The van der Waals surface area contributed by atoms with Crippen LogP contribution in [0.2, 0.25) is 0 Å². The Bertz CT molecular complexity index is 687. The maximum atomic E-state index is 12.4. The maximum absolute atomic E-state index is 12.4. The lowest BCUT2D eigenvalue weighted by Crippen LogP contribution is -2.58. The van der Waals surface area contributed by atoms with Crippen LogP contribution >= 0.6 is 0 Å². The number of hydrogen-bond donors (Lipinski definition) is 2. The summed E-state index contributed by atoms with van der Waals surface area (Å²) in [6.45, 7) is 6.98. The van der Waals surface area contributed by atoms with Gasteiger partial charge in [-0.1, -0.05) is 24.3 Å². The summed E-state index contributed by atoms with van der Waals surface area (Å²) in [5.41, 5.74) is 1.13. The molecule has 0 unspecified atom stereocenters. The Kier molecular flexibility index (Phi) is 6.37. The summed E-state index contributed by atoms with van der Waals surface area (Å²) < 4.78 is 4.70. The van der Waals surface area contributed by atoms with Gasteiger partial charge in [0.25, 0.3) is 0 Å². The molecule has 1 aliphatic heterocycles. The van der Waals surface area contributed by atoms with Crippen molar-refractivity contribution in [3.8, 4) is 0 Å². The minimum Gasteiger partial charge on any atom is -0.467 e. The molecule has 0 radical (unpaired) electrons. The van der Waals surface area contributed by atoms with E-state index in [9.17, 15) is 14.4 Å². The highest BCUT2D eigenvalue weighted by atomic mass is 16.5. The summed E-state index contributed by atoms with van der Waals surface area (Å²) in [6.07, 6.45) is -0.0157. The molecular formula is C19H27N3O4. The first kappa shape index (κ1) is 19.9. The van der Waals surface area contributed by atoms with Gasteiger partial charge in [-0.2, -0.15) is 0 Å². The SMILES string of the molecule is COC(=O)C(C)(C)NC(=O)C[C@@H]1C(=O)NCCN1Cc1ccccc1C. The highest BCUT2D eigenvalue weighted by molar-refractivity contribution is 5.91. The van der Waals surface area contributed by atoms with E-state index in [2.05, 4.69) is 10.6 Å². The van der Waals surface area contributed by atoms with E-state index in [1.54, 1.807) is 13.8 Å². The van der Waals surface area contributed by atoms with Crippen LogP contribution in [0.1, 0.15) is 31.4 Å². The molecule has 0 aromatic heterocycles. The summed E-state index contributed by atoms with van der Waals surface area (Å²) in [4.78, 5) is 38.5. The minimum absolute atomic E-state index is 0.0157. The number of benzene rings is 1. The van der Waals surface area contributed by atoms with E-state index in [1.807, 2.05) is 36.1 Å². The van der Waals surface area contributed by atoms with Gasteiger partial charge >= 0.3 is 5.97 Å². The number of carbonyl (C=O) groups excluding carboxylic acids is 3. The summed E-state index contributed by atoms with van der Waals surface area (Å²) in [5, 5.41) is 5.46. The van der Waals surface area contributed by atoms with E-state index in [4.69, 9.17) is 4.74 Å². The van der Waals surface area contributed by atoms with E-state index in [0.29, 0.717) is 19.6 Å². The van der Waals surface area contributed by atoms with Crippen LogP contribution in [0.15, 0.2) is 24.3 Å². The van der Waals surface area contributed by atoms with Gasteiger partial charge in [-0.15, -0.1) is 0 Å². The summed E-state index contributed by atoms with van der Waals surface area (Å²) in [5.74, 6) is -1.07. The maximum Gasteiger partial charge on any atom is 0.330 e. The number of rotatable bonds is 6. The van der Waals surface area contributed by atoms with Crippen LogP contribution in [0.4, 0.5) is 0 Å². The zero-order valence-corrected chi connectivity index (χ0v) is 15.8. The number of carbonyl (C=O) groups is 3. The predicted molar refractivity (Wildman–Crippen MR) is 97.2 cm³/mol. The molecule has 2 N–H and O–H groups in total. The fourth-order valence-electron chi connectivity index (χ4n) is 3.06. The van der Waals surface area contributed by atoms with Gasteiger partial charge in [0.1, 0.15) is 5.54 Å². The number of piperazine rings is 1. The molecule has 2 rings (SSSR count). The van der Waals surface area contributed by atoms with Crippen LogP contribution < -0.4 is 10.6 Å². The highest BCUT2D eigenvalue weighted by Gasteiger charge is 2.35. The van der Waals surface area contributed by atoms with Gasteiger partial charge in [0, 0.05) is 19.6 Å². The number of hydrogen-bond acceptors (Lipinski definition) is 5. The zero-order chi connectivity index (χ0) is 19.3. The van der Waals surface area contributed by atoms with Crippen LogP contribution in [-0.2, 0) is 25.7 Å². The number of aryl methyl sites for hydroxylation is 1. The third-order valence-corrected chi connectivity index (χ3v) is 4.60. The van der Waals surface area contributed by atoms with Crippen LogP contribution in [0.3, 0.4) is 0 Å². The molecule has 1 aliphatic rings. The average molecular weight is 361 g/mol. The van der Waals surface area contributed by atoms with Crippen molar-refractivity contribution in [1.82, 2.24) is 15.5 Å². The lowest BCUT2D eigenvalue weighted by Gasteiger charge is -2.35. The second kappa shape index (κ2) is 8.31. The first-order valence-electron chi connectivity index (χ1n) is 8.70. The topological polar surface area (TPSA) is 87.7 Å². The predicted octanol–water partition coefficient (Wildman–Crippen LogP) is 0.753. The first-order chi connectivity index (χ1) is 12.2. The van der Waals surface area contributed by atoms with Crippen molar-refractivity contribution in [1.29, 1.82) is 0 Å². The number of ether oxygens (including phenoxy) is 1. The molecule has 1 heterocycles. The molecule has 0 bridgehead atoms. The molecule has 1 atom stereocenters. The van der Waals surface area contributed by atoms with Gasteiger partial charge in [0.05, 0.1) is 19.6 Å². The molecule has 1 fully saturated rings. The van der Waals surface area contributed by atoms with Crippen molar-refractivity contribution >= 4 is 17.8 Å². The quantitative estimate of drug-likeness (QED) is 0.730. The normalized spacial score (nSPS) is 18.2. The number of nitrogens with one attached hydrogen (secondary N) is 2. The van der Waals surface area contributed by atoms with E-state index in [-0.39, 0.29) is 18.2 Å². The standard InChI is InChI=1S/C19H27N3O4/c1-13-7-5-6-8-14(13)12-22-10-9-20-17(24)15(22)11-16(23)21-19(2,3)18(25)26-4/h5-8,15H,9-12H2,1-4H3,(H,20,24)(H,21,23)/t15-/m1/s1. The molecule has 7 nitrogen and oxygen atoms in total. The van der Waals surface area contributed by atoms with E-state index in [1.165, 1.54) is 7.11 Å². The Morgan fingerprint density at radius 1 is 1.35 bits per heavy atom. The van der Waals surface area contributed by atoms with Gasteiger partial charge in [0.2, 0.25) is 11.8 Å². The molecule has 26 heavy (non-hydrogen) atoms. The Balaban J connectivity index is 2.08. The smallest absolute Gasteiger partial charge is 0.330 e. The summed E-state index contributed by atoms with van der Waals surface area (Å²) >= 11 is 0. The van der Waals surface area contributed by atoms with Crippen LogP contribution in [0.25, 0.3) is 0 Å². The second-order valence-electron chi connectivity index (χ2n) is 7.07. The monoisotopic (exact) mass is 361 g/mol. The molecule has 1 saturated heterocycles. The minimum atomic E-state index is -1.14. The summed E-state index contributed by atoms with van der Waals surface area (Å²) in [7, 11) is 1.27. The van der Waals surface area contributed by atoms with Crippen molar-refractivity contribution in [2.24, 2.45) is 0 Å². The second-order valence-corrected chi connectivity index (χ2v) is 7.07. The largest absolute Gasteiger partial charge is 0.467 e. The van der Waals surface area contributed by atoms with E-state index >= 15 is 0 Å². The summed E-state index contributed by atoms with van der Waals surface area (Å²) in [6, 6.07) is 7.42. The molecule has 0 saturated carbocycles. The van der Waals surface area contributed by atoms with Gasteiger partial charge in [-0.05, 0) is 31.9 Å².